The molecule has 29 heavy (non-hydrogen) atoms. The molecule has 4 rings (SSSR count). The van der Waals surface area contributed by atoms with E-state index in [1.54, 1.807) is 29.2 Å². The van der Waals surface area contributed by atoms with Crippen LogP contribution in [0.5, 0.6) is 0 Å². The van der Waals surface area contributed by atoms with Crippen LogP contribution in [0, 0.1) is 5.82 Å². The van der Waals surface area contributed by atoms with E-state index in [2.05, 4.69) is 15.9 Å². The van der Waals surface area contributed by atoms with Crippen LogP contribution in [0.2, 0.25) is 0 Å². The molecular formula is C20H21BrFN3O3S. The van der Waals surface area contributed by atoms with E-state index in [4.69, 9.17) is 0 Å². The fraction of sp³-hybridized carbons (Fsp3) is 0.350. The number of rotatable bonds is 3. The van der Waals surface area contributed by atoms with Gasteiger partial charge in [0.05, 0.1) is 4.90 Å². The van der Waals surface area contributed by atoms with Gasteiger partial charge < -0.3 is 9.80 Å². The van der Waals surface area contributed by atoms with Crippen molar-refractivity contribution in [2.75, 3.05) is 42.5 Å². The quantitative estimate of drug-likeness (QED) is 0.675. The van der Waals surface area contributed by atoms with Crippen molar-refractivity contribution in [1.29, 1.82) is 0 Å². The number of carbonyl (C=O) groups is 1. The fourth-order valence-electron chi connectivity index (χ4n) is 3.89. The molecule has 1 fully saturated rings. The molecule has 6 nitrogen and oxygen atoms in total. The van der Waals surface area contributed by atoms with Gasteiger partial charge in [-0.1, -0.05) is 0 Å². The van der Waals surface area contributed by atoms with Gasteiger partial charge in [-0.25, -0.2) is 12.8 Å². The predicted octanol–water partition coefficient (Wildman–Crippen LogP) is 3.01. The van der Waals surface area contributed by atoms with Crippen LogP contribution in [-0.4, -0.2) is 51.4 Å². The lowest BCUT2D eigenvalue weighted by Gasteiger charge is -2.35. The maximum Gasteiger partial charge on any atom is 0.244 e. The number of nitrogens with zero attached hydrogens (tertiary/aromatic N) is 3. The molecule has 0 atom stereocenters. The monoisotopic (exact) mass is 481 g/mol. The zero-order chi connectivity index (χ0) is 20.8. The van der Waals surface area contributed by atoms with Crippen LogP contribution in [0.15, 0.2) is 45.8 Å². The second-order valence-electron chi connectivity index (χ2n) is 7.20. The first-order valence-corrected chi connectivity index (χ1v) is 11.6. The van der Waals surface area contributed by atoms with E-state index in [-0.39, 0.29) is 16.6 Å². The van der Waals surface area contributed by atoms with Gasteiger partial charge in [0.25, 0.3) is 0 Å². The summed E-state index contributed by atoms with van der Waals surface area (Å²) in [5.74, 6) is -0.390. The molecule has 0 unspecified atom stereocenters. The molecule has 0 saturated carbocycles. The zero-order valence-corrected chi connectivity index (χ0v) is 18.3. The molecule has 2 aromatic rings. The second-order valence-corrected chi connectivity index (χ2v) is 9.96. The summed E-state index contributed by atoms with van der Waals surface area (Å²) in [4.78, 5) is 15.7. The third-order valence-corrected chi connectivity index (χ3v) is 8.31. The number of amides is 1. The van der Waals surface area contributed by atoms with Crippen molar-refractivity contribution in [1.82, 2.24) is 4.31 Å². The van der Waals surface area contributed by atoms with Gasteiger partial charge in [0, 0.05) is 55.5 Å². The lowest BCUT2D eigenvalue weighted by atomic mass is 10.2. The van der Waals surface area contributed by atoms with Crippen molar-refractivity contribution in [2.24, 2.45) is 0 Å². The first-order valence-electron chi connectivity index (χ1n) is 9.38. The van der Waals surface area contributed by atoms with Crippen LogP contribution in [0.4, 0.5) is 15.8 Å². The molecule has 1 amide bonds. The molecule has 2 aliphatic rings. The third kappa shape index (κ3) is 3.78. The molecule has 0 aromatic heterocycles. The van der Waals surface area contributed by atoms with Crippen molar-refractivity contribution in [3.63, 3.8) is 0 Å². The number of anilines is 2. The van der Waals surface area contributed by atoms with Crippen LogP contribution in [-0.2, 0) is 21.2 Å². The van der Waals surface area contributed by atoms with E-state index in [1.807, 2.05) is 4.90 Å². The molecule has 0 bridgehead atoms. The molecule has 0 N–H and O–H groups in total. The average Bonchev–Trinajstić information content (AvgIpc) is 3.11. The standard InChI is InChI=1S/C20H21BrFN3O3S/c1-14(26)25-7-6-15-12-18(21)20(13-19(15)25)29(27,28)24-10-8-23(9-11-24)17-4-2-16(22)3-5-17/h2-5,12-13H,6-11H2,1H3. The number of sulfonamides is 1. The van der Waals surface area contributed by atoms with Gasteiger partial charge in [0.2, 0.25) is 15.9 Å². The Morgan fingerprint density at radius 1 is 1.03 bits per heavy atom. The number of fused-ring (bicyclic) bond motifs is 1. The molecule has 0 spiro atoms. The van der Waals surface area contributed by atoms with Crippen molar-refractivity contribution in [3.05, 3.63) is 52.3 Å². The minimum atomic E-state index is -3.71. The van der Waals surface area contributed by atoms with Gasteiger partial charge in [0.15, 0.2) is 0 Å². The minimum absolute atomic E-state index is 0.0951. The summed E-state index contributed by atoms with van der Waals surface area (Å²) in [7, 11) is -3.71. The van der Waals surface area contributed by atoms with Crippen LogP contribution in [0.25, 0.3) is 0 Å². The summed E-state index contributed by atoms with van der Waals surface area (Å²) in [5.41, 5.74) is 2.51. The van der Waals surface area contributed by atoms with Gasteiger partial charge in [-0.2, -0.15) is 4.31 Å². The molecular weight excluding hydrogens is 461 g/mol. The zero-order valence-electron chi connectivity index (χ0n) is 15.9. The third-order valence-electron chi connectivity index (χ3n) is 5.46. The van der Waals surface area contributed by atoms with Crippen LogP contribution in [0.3, 0.4) is 0 Å². The van der Waals surface area contributed by atoms with E-state index < -0.39 is 10.0 Å². The van der Waals surface area contributed by atoms with Crippen LogP contribution in [0.1, 0.15) is 12.5 Å². The molecule has 154 valence electrons. The molecule has 2 aliphatic heterocycles. The highest BCUT2D eigenvalue weighted by Gasteiger charge is 2.33. The maximum atomic E-state index is 13.3. The molecule has 0 aliphatic carbocycles. The van der Waals surface area contributed by atoms with Crippen LogP contribution >= 0.6 is 15.9 Å². The first-order chi connectivity index (χ1) is 13.8. The van der Waals surface area contributed by atoms with Crippen molar-refractivity contribution in [2.45, 2.75) is 18.2 Å². The molecule has 9 heteroatoms. The Morgan fingerprint density at radius 2 is 1.69 bits per heavy atom. The lowest BCUT2D eigenvalue weighted by molar-refractivity contribution is -0.116. The summed E-state index contributed by atoms with van der Waals surface area (Å²) in [6, 6.07) is 9.62. The molecule has 1 saturated heterocycles. The normalized spacial score (nSPS) is 17.5. The number of carbonyl (C=O) groups excluding carboxylic acids is 1. The van der Waals surface area contributed by atoms with Crippen molar-refractivity contribution < 1.29 is 17.6 Å². The smallest absolute Gasteiger partial charge is 0.244 e. The Balaban J connectivity index is 1.56. The van der Waals surface area contributed by atoms with E-state index in [0.29, 0.717) is 49.3 Å². The number of piperazine rings is 1. The Bertz CT molecular complexity index is 1050. The second kappa shape index (κ2) is 7.70. The van der Waals surface area contributed by atoms with Crippen LogP contribution < -0.4 is 9.80 Å². The topological polar surface area (TPSA) is 60.9 Å². The molecule has 2 heterocycles. The number of hydrogen-bond donors (Lipinski definition) is 0. The Hall–Kier alpha value is -1.97. The Labute approximate surface area is 178 Å². The van der Waals surface area contributed by atoms with Gasteiger partial charge in [-0.15, -0.1) is 0 Å². The Morgan fingerprint density at radius 3 is 2.31 bits per heavy atom. The summed E-state index contributed by atoms with van der Waals surface area (Å²) >= 11 is 3.41. The lowest BCUT2D eigenvalue weighted by Crippen LogP contribution is -2.48. The van der Waals surface area contributed by atoms with Gasteiger partial charge in [-0.3, -0.25) is 4.79 Å². The molecule has 2 aromatic carbocycles. The van der Waals surface area contributed by atoms with Gasteiger partial charge >= 0.3 is 0 Å². The van der Waals surface area contributed by atoms with E-state index >= 15 is 0 Å². The number of hydrogen-bond acceptors (Lipinski definition) is 4. The highest BCUT2D eigenvalue weighted by atomic mass is 79.9. The van der Waals surface area contributed by atoms with E-state index in [1.165, 1.54) is 23.4 Å². The first kappa shape index (κ1) is 20.3. The highest BCUT2D eigenvalue weighted by Crippen LogP contribution is 2.36. The predicted molar refractivity (Wildman–Crippen MR) is 113 cm³/mol. The largest absolute Gasteiger partial charge is 0.369 e. The van der Waals surface area contributed by atoms with Gasteiger partial charge in [0.1, 0.15) is 5.82 Å². The van der Waals surface area contributed by atoms with Crippen molar-refractivity contribution >= 4 is 43.2 Å². The molecule has 0 radical (unpaired) electrons. The van der Waals surface area contributed by atoms with Gasteiger partial charge in [-0.05, 0) is 64.3 Å². The Kier molecular flexibility index (Phi) is 5.39. The van der Waals surface area contributed by atoms with E-state index in [0.717, 1.165) is 11.3 Å². The SMILES string of the molecule is CC(=O)N1CCc2cc(Br)c(S(=O)(=O)N3CCN(c4ccc(F)cc4)CC3)cc21. The highest BCUT2D eigenvalue weighted by molar-refractivity contribution is 9.10. The summed E-state index contributed by atoms with van der Waals surface area (Å²) in [6.45, 7) is 3.76. The summed E-state index contributed by atoms with van der Waals surface area (Å²) < 4.78 is 41.7. The summed E-state index contributed by atoms with van der Waals surface area (Å²) in [6.07, 6.45) is 0.712. The van der Waals surface area contributed by atoms with E-state index in [9.17, 15) is 17.6 Å². The number of halogens is 2. The maximum absolute atomic E-state index is 13.3. The number of benzene rings is 2. The summed E-state index contributed by atoms with van der Waals surface area (Å²) in [5, 5.41) is 0. The average molecular weight is 482 g/mol. The minimum Gasteiger partial charge on any atom is -0.369 e. The van der Waals surface area contributed by atoms with Crippen molar-refractivity contribution in [3.8, 4) is 0 Å². The fourth-order valence-corrected chi connectivity index (χ4v) is 6.38.